The van der Waals surface area contributed by atoms with E-state index in [0.29, 0.717) is 46.9 Å². The molecule has 3 N–H and O–H groups in total. The fraction of sp³-hybridized carbons (Fsp3) is 0.320. The standard InChI is InChI=1S/C22H23N3O2.C14H17N3O.C6H4N4O.C6H5NO2.2CH4/c1-22(2)9-8-20-24-19-12-15(6-7-18(19)21(27)25(20)14-22)11-17(26)13-16-5-3-4-10-23-16;1-14(2)6-5-12-16-11-7-9(15)3-4-10(11)13(18)17(12)8-14;7-10-9-6(11)5-3-1-2-4-8-5;8-6(9)5-3-1-2-4-7-5;;/h3-7,10,12H,8-9,11,13-14H2,1-2H3;3-4,7H,5-6,8,15H2,1-2H3;1-4H;1-4H,(H,8,9);2*1H4. The molecule has 0 atom stereocenters. The molecule has 2 aliphatic rings. The number of rotatable bonds is 6. The molecule has 17 nitrogen and oxygen atoms in total. The van der Waals surface area contributed by atoms with E-state index < -0.39 is 11.9 Å². The van der Waals surface area contributed by atoms with E-state index in [2.05, 4.69) is 57.7 Å². The van der Waals surface area contributed by atoms with Crippen LogP contribution in [0.2, 0.25) is 0 Å². The van der Waals surface area contributed by atoms with Crippen LogP contribution in [0.15, 0.2) is 124 Å². The van der Waals surface area contributed by atoms with Crippen LogP contribution >= 0.6 is 0 Å². The van der Waals surface area contributed by atoms with Gasteiger partial charge in [0.05, 0.1) is 21.8 Å². The summed E-state index contributed by atoms with van der Waals surface area (Å²) in [5.41, 5.74) is 18.0. The summed E-state index contributed by atoms with van der Waals surface area (Å²) in [7, 11) is 0. The minimum absolute atomic E-state index is 0. The predicted molar refractivity (Wildman–Crippen MR) is 260 cm³/mol. The maximum atomic E-state index is 12.9. The van der Waals surface area contributed by atoms with Crippen molar-refractivity contribution in [2.75, 3.05) is 5.73 Å². The molecule has 0 bridgehead atoms. The first kappa shape index (κ1) is 51.7. The number of carboxylic acid groups (broad SMARTS) is 1. The highest BCUT2D eigenvalue weighted by Crippen LogP contribution is 2.31. The Morgan fingerprint density at radius 1 is 0.701 bits per heavy atom. The molecule has 0 fully saturated rings. The molecule has 0 unspecified atom stereocenters. The number of hydrogen-bond acceptors (Lipinski definition) is 11. The number of carbonyl (C=O) groups is 3. The van der Waals surface area contributed by atoms with Crippen LogP contribution in [0.3, 0.4) is 0 Å². The van der Waals surface area contributed by atoms with Crippen molar-refractivity contribution in [1.29, 1.82) is 0 Å². The van der Waals surface area contributed by atoms with Gasteiger partial charge >= 0.3 is 5.97 Å². The van der Waals surface area contributed by atoms with Gasteiger partial charge in [0.25, 0.3) is 17.0 Å². The number of carbonyl (C=O) groups excluding carboxylic acids is 2. The second kappa shape index (κ2) is 22.8. The molecule has 1 amide bonds. The monoisotopic (exact) mass is 907 g/mol. The third-order valence-electron chi connectivity index (χ3n) is 10.8. The number of fused-ring (bicyclic) bond motifs is 4. The molecule has 17 heteroatoms. The zero-order chi connectivity index (χ0) is 46.7. The van der Waals surface area contributed by atoms with Gasteiger partial charge < -0.3 is 10.8 Å². The number of hydrogen-bond donors (Lipinski definition) is 2. The number of azide groups is 1. The quantitative estimate of drug-likeness (QED) is 0.0688. The summed E-state index contributed by atoms with van der Waals surface area (Å²) in [6.45, 7) is 10.2. The Labute approximate surface area is 388 Å². The molecule has 0 saturated heterocycles. The van der Waals surface area contributed by atoms with Crippen molar-refractivity contribution in [2.45, 2.75) is 94.2 Å². The van der Waals surface area contributed by atoms with Crippen LogP contribution in [0.25, 0.3) is 32.2 Å². The maximum Gasteiger partial charge on any atom is 0.354 e. The third-order valence-corrected chi connectivity index (χ3v) is 10.8. The molecule has 2 aromatic carbocycles. The Hall–Kier alpha value is -7.91. The van der Waals surface area contributed by atoms with E-state index in [1.807, 2.05) is 45.5 Å². The van der Waals surface area contributed by atoms with E-state index >= 15 is 0 Å². The number of aryl methyl sites for hydroxylation is 2. The molecule has 7 aromatic rings. The van der Waals surface area contributed by atoms with Crippen LogP contribution in [-0.2, 0) is 43.6 Å². The lowest BCUT2D eigenvalue weighted by molar-refractivity contribution is -0.117. The SMILES string of the molecule is C.C.CC1(C)CCc2nc3cc(CC(=O)Cc4ccccn4)ccc3c(=O)n2C1.CC1(C)CCc2nc3cc(N)ccc3c(=O)n2C1.O=C(O)c1ccccn1.[N-]=[N+]=NC(=O)c1ccccn1. The van der Waals surface area contributed by atoms with Crippen molar-refractivity contribution in [1.82, 2.24) is 34.1 Å². The normalized spacial score (nSPS) is 13.6. The van der Waals surface area contributed by atoms with Gasteiger partial charge in [-0.05, 0) is 107 Å². The van der Waals surface area contributed by atoms with Gasteiger partial charge in [0.2, 0.25) is 0 Å². The Kier molecular flexibility index (Phi) is 17.6. The number of amides is 1. The van der Waals surface area contributed by atoms with E-state index in [4.69, 9.17) is 21.4 Å². The van der Waals surface area contributed by atoms with Gasteiger partial charge in [-0.25, -0.2) is 19.7 Å². The summed E-state index contributed by atoms with van der Waals surface area (Å²) in [5, 5.41) is 12.5. The molecule has 0 aliphatic carbocycles. The zero-order valence-electron chi connectivity index (χ0n) is 36.6. The second-order valence-electron chi connectivity index (χ2n) is 17.2. The number of anilines is 1. The van der Waals surface area contributed by atoms with Gasteiger partial charge in [0.1, 0.15) is 28.8 Å². The van der Waals surface area contributed by atoms with E-state index in [1.165, 1.54) is 24.5 Å². The number of nitrogens with two attached hydrogens (primary N) is 1. The molecule has 348 valence electrons. The average Bonchev–Trinajstić information content (AvgIpc) is 3.28. The van der Waals surface area contributed by atoms with Crippen LogP contribution in [0.5, 0.6) is 0 Å². The molecule has 9 rings (SSSR count). The van der Waals surface area contributed by atoms with Crippen LogP contribution in [0.4, 0.5) is 5.69 Å². The van der Waals surface area contributed by atoms with Crippen LogP contribution in [-0.4, -0.2) is 56.8 Å². The van der Waals surface area contributed by atoms with E-state index in [0.717, 1.165) is 55.1 Å². The fourth-order valence-electron chi connectivity index (χ4n) is 7.39. The van der Waals surface area contributed by atoms with E-state index in [-0.39, 0.29) is 54.0 Å². The topological polar surface area (TPSA) is 255 Å². The Morgan fingerprint density at radius 3 is 1.69 bits per heavy atom. The lowest BCUT2D eigenvalue weighted by atomic mass is 9.85. The Balaban J connectivity index is 0.000000211. The van der Waals surface area contributed by atoms with Crippen molar-refractivity contribution in [3.8, 4) is 0 Å². The number of benzene rings is 2. The predicted octanol–water partition coefficient (Wildman–Crippen LogP) is 8.65. The number of nitrogens with zero attached hydrogens (tertiary/aromatic N) is 10. The van der Waals surface area contributed by atoms with Crippen LogP contribution in [0.1, 0.15) is 99.3 Å². The highest BCUT2D eigenvalue weighted by molar-refractivity contribution is 5.92. The molecule has 2 aliphatic heterocycles. The summed E-state index contributed by atoms with van der Waals surface area (Å²) in [4.78, 5) is 81.7. The van der Waals surface area contributed by atoms with Crippen molar-refractivity contribution in [3.05, 3.63) is 175 Å². The number of ketones is 1. The van der Waals surface area contributed by atoms with Gasteiger partial charge in [-0.3, -0.25) is 38.3 Å². The third kappa shape index (κ3) is 13.8. The first-order valence-electron chi connectivity index (χ1n) is 20.9. The Bertz CT molecular complexity index is 3020. The minimum atomic E-state index is -0.990. The molecule has 67 heavy (non-hydrogen) atoms. The summed E-state index contributed by atoms with van der Waals surface area (Å²) in [5.74, 6) is 0.189. The molecule has 7 heterocycles. The maximum absolute atomic E-state index is 12.9. The molecular weight excluding hydrogens is 851 g/mol. The summed E-state index contributed by atoms with van der Waals surface area (Å²) in [6.07, 6.45) is 8.98. The highest BCUT2D eigenvalue weighted by Gasteiger charge is 2.28. The molecular formula is C50H57N11O6. The van der Waals surface area contributed by atoms with Crippen molar-refractivity contribution >= 4 is 45.2 Å². The molecule has 5 aromatic heterocycles. The highest BCUT2D eigenvalue weighted by atomic mass is 16.4. The number of pyridine rings is 3. The average molecular weight is 908 g/mol. The van der Waals surface area contributed by atoms with Crippen molar-refractivity contribution in [2.24, 2.45) is 15.9 Å². The number of nitrogen functional groups attached to an aromatic ring is 1. The summed E-state index contributed by atoms with van der Waals surface area (Å²) in [6, 6.07) is 26.0. The van der Waals surface area contributed by atoms with Gasteiger partial charge in [-0.2, -0.15) is 0 Å². The van der Waals surface area contributed by atoms with Gasteiger partial charge in [0.15, 0.2) is 0 Å². The fourth-order valence-corrected chi connectivity index (χ4v) is 7.39. The number of carboxylic acids is 1. The van der Waals surface area contributed by atoms with Gasteiger partial charge in [-0.15, -0.1) is 0 Å². The lowest BCUT2D eigenvalue weighted by Crippen LogP contribution is -2.36. The Morgan fingerprint density at radius 2 is 1.21 bits per heavy atom. The van der Waals surface area contributed by atoms with Gasteiger partial charge in [-0.1, -0.05) is 66.8 Å². The molecule has 0 spiro atoms. The first-order chi connectivity index (χ1) is 31.0. The summed E-state index contributed by atoms with van der Waals surface area (Å²) < 4.78 is 3.64. The largest absolute Gasteiger partial charge is 0.477 e. The molecule has 0 saturated carbocycles. The number of aromatic carboxylic acids is 1. The van der Waals surface area contributed by atoms with E-state index in [9.17, 15) is 24.0 Å². The zero-order valence-corrected chi connectivity index (χ0v) is 36.6. The minimum Gasteiger partial charge on any atom is -0.477 e. The van der Waals surface area contributed by atoms with Crippen molar-refractivity contribution < 1.29 is 19.5 Å². The van der Waals surface area contributed by atoms with Crippen molar-refractivity contribution in [3.63, 3.8) is 0 Å². The van der Waals surface area contributed by atoms with Crippen LogP contribution < -0.4 is 16.9 Å². The number of aromatic nitrogens is 7. The molecule has 0 radical (unpaired) electrons. The first-order valence-corrected chi connectivity index (χ1v) is 20.9. The van der Waals surface area contributed by atoms with E-state index in [1.54, 1.807) is 48.7 Å². The second-order valence-corrected chi connectivity index (χ2v) is 17.2. The number of Topliss-reactive ketones (excluding diaryl/α,β-unsaturated/α-hetero) is 1. The lowest BCUT2D eigenvalue weighted by Gasteiger charge is -2.31. The van der Waals surface area contributed by atoms with Gasteiger partial charge in [0, 0.05) is 73.7 Å². The smallest absolute Gasteiger partial charge is 0.354 e. The van der Waals surface area contributed by atoms with Crippen LogP contribution in [0, 0.1) is 10.8 Å². The summed E-state index contributed by atoms with van der Waals surface area (Å²) >= 11 is 0.